The van der Waals surface area contributed by atoms with E-state index >= 15 is 0 Å². The number of benzene rings is 2. The van der Waals surface area contributed by atoms with E-state index in [2.05, 4.69) is 26.6 Å². The molecule has 2 bridgehead atoms. The normalized spacial score (nSPS) is 26.9. The van der Waals surface area contributed by atoms with Gasteiger partial charge in [-0.05, 0) is 42.8 Å². The Morgan fingerprint density at radius 1 is 1.24 bits per heavy atom. The predicted octanol–water partition coefficient (Wildman–Crippen LogP) is 3.42. The van der Waals surface area contributed by atoms with Gasteiger partial charge >= 0.3 is 0 Å². The molecular weight excluding hydrogens is 384 g/mol. The molecule has 6 heteroatoms. The number of nitrogens with one attached hydrogen (secondary N) is 2. The molecule has 2 amide bonds. The van der Waals surface area contributed by atoms with Crippen molar-refractivity contribution in [2.75, 3.05) is 5.32 Å². The number of hydrogen-bond donors (Lipinski definition) is 2. The number of piperidine rings is 1. The minimum atomic E-state index is -0.790. The first-order chi connectivity index (χ1) is 12.0. The fourth-order valence-electron chi connectivity index (χ4n) is 3.64. The summed E-state index contributed by atoms with van der Waals surface area (Å²) in [5.41, 5.74) is 0.797. The van der Waals surface area contributed by atoms with Crippen LogP contribution in [-0.2, 0) is 9.59 Å². The highest BCUT2D eigenvalue weighted by Crippen LogP contribution is 2.46. The summed E-state index contributed by atoms with van der Waals surface area (Å²) in [6.45, 7) is 1.84. The average Bonchev–Trinajstić information content (AvgIpc) is 2.56. The van der Waals surface area contributed by atoms with Crippen molar-refractivity contribution in [3.05, 3.63) is 58.6 Å². The van der Waals surface area contributed by atoms with E-state index in [4.69, 9.17) is 4.74 Å². The van der Waals surface area contributed by atoms with Gasteiger partial charge in [0.05, 0.1) is 0 Å². The van der Waals surface area contributed by atoms with Gasteiger partial charge in [-0.25, -0.2) is 0 Å². The van der Waals surface area contributed by atoms with Crippen LogP contribution in [-0.4, -0.2) is 17.5 Å². The molecule has 2 aliphatic rings. The first-order valence-electron chi connectivity index (χ1n) is 8.12. The Hall–Kier alpha value is -2.34. The van der Waals surface area contributed by atoms with Crippen LogP contribution in [0.1, 0.15) is 24.8 Å². The lowest BCUT2D eigenvalue weighted by atomic mass is 9.74. The van der Waals surface area contributed by atoms with E-state index in [0.29, 0.717) is 12.1 Å². The molecule has 0 aliphatic carbocycles. The molecule has 1 saturated heterocycles. The van der Waals surface area contributed by atoms with Gasteiger partial charge in [-0.3, -0.25) is 9.59 Å². The van der Waals surface area contributed by atoms with Gasteiger partial charge in [0.25, 0.3) is 0 Å². The lowest BCUT2D eigenvalue weighted by Gasteiger charge is -2.46. The maximum absolute atomic E-state index is 12.9. The van der Waals surface area contributed by atoms with Crippen LogP contribution in [0.3, 0.4) is 0 Å². The van der Waals surface area contributed by atoms with Gasteiger partial charge in [0, 0.05) is 22.5 Å². The van der Waals surface area contributed by atoms with Crippen LogP contribution in [0.2, 0.25) is 0 Å². The minimum Gasteiger partial charge on any atom is -0.468 e. The number of amides is 2. The molecule has 2 heterocycles. The highest BCUT2D eigenvalue weighted by Gasteiger charge is 2.51. The fourth-order valence-corrected chi connectivity index (χ4v) is 3.91. The first-order valence-corrected chi connectivity index (χ1v) is 8.91. The minimum absolute atomic E-state index is 0.209. The number of fused-ring (bicyclic) bond motifs is 4. The Balaban J connectivity index is 1.66. The molecule has 0 saturated carbocycles. The van der Waals surface area contributed by atoms with Gasteiger partial charge in [0.15, 0.2) is 5.72 Å². The summed E-state index contributed by atoms with van der Waals surface area (Å²) >= 11 is 3.37. The lowest BCUT2D eigenvalue weighted by Crippen LogP contribution is -2.62. The Bertz CT molecular complexity index is 852. The Morgan fingerprint density at radius 3 is 2.72 bits per heavy atom. The van der Waals surface area contributed by atoms with Crippen molar-refractivity contribution < 1.29 is 14.3 Å². The summed E-state index contributed by atoms with van der Waals surface area (Å²) in [7, 11) is 0. The Labute approximate surface area is 153 Å². The molecule has 3 unspecified atom stereocenters. The molecule has 2 N–H and O–H groups in total. The monoisotopic (exact) mass is 400 g/mol. The number of ether oxygens (including phenoxy) is 1. The number of halogens is 1. The fraction of sp³-hybridized carbons (Fsp3) is 0.263. The number of carbonyl (C=O) groups excluding carboxylic acids is 2. The van der Waals surface area contributed by atoms with Crippen LogP contribution in [0.15, 0.2) is 53.0 Å². The molecule has 2 aromatic carbocycles. The predicted molar refractivity (Wildman–Crippen MR) is 97.2 cm³/mol. The molecular formula is C19H17BrN2O3. The molecule has 0 aromatic heterocycles. The van der Waals surface area contributed by atoms with Crippen LogP contribution in [0, 0.1) is 5.92 Å². The highest BCUT2D eigenvalue weighted by molar-refractivity contribution is 9.10. The lowest BCUT2D eigenvalue weighted by molar-refractivity contribution is -0.145. The van der Waals surface area contributed by atoms with Crippen molar-refractivity contribution in [2.24, 2.45) is 5.92 Å². The van der Waals surface area contributed by atoms with Gasteiger partial charge in [-0.1, -0.05) is 34.1 Å². The van der Waals surface area contributed by atoms with Crippen LogP contribution in [0.25, 0.3) is 0 Å². The molecule has 2 aliphatic heterocycles. The number of rotatable bonds is 2. The smallest absolute Gasteiger partial charge is 0.237 e. The molecule has 4 rings (SSSR count). The SMILES string of the molecule is CC12CC(c3ccccc3O1)C(C(=O)Nc1ccc(Br)cc1)C(=O)N2. The molecule has 5 nitrogen and oxygen atoms in total. The number of anilines is 1. The standard InChI is InChI=1S/C19H17BrN2O3/c1-19-10-14(13-4-2-3-5-15(13)25-19)16(18(24)22-19)17(23)21-12-8-6-11(20)7-9-12/h2-9,14,16H,10H2,1H3,(H,21,23)(H,22,24). The second kappa shape index (κ2) is 5.88. The van der Waals surface area contributed by atoms with Crippen molar-refractivity contribution in [2.45, 2.75) is 25.0 Å². The van der Waals surface area contributed by atoms with E-state index in [9.17, 15) is 9.59 Å². The maximum atomic E-state index is 12.9. The zero-order valence-electron chi connectivity index (χ0n) is 13.6. The highest BCUT2D eigenvalue weighted by atomic mass is 79.9. The number of hydrogen-bond acceptors (Lipinski definition) is 3. The van der Waals surface area contributed by atoms with E-state index < -0.39 is 11.6 Å². The largest absolute Gasteiger partial charge is 0.468 e. The van der Waals surface area contributed by atoms with E-state index in [-0.39, 0.29) is 17.7 Å². The van der Waals surface area contributed by atoms with Gasteiger partial charge in [0.1, 0.15) is 11.7 Å². The van der Waals surface area contributed by atoms with Crippen LogP contribution in [0.4, 0.5) is 5.69 Å². The third-order valence-corrected chi connectivity index (χ3v) is 5.26. The van der Waals surface area contributed by atoms with Crippen molar-refractivity contribution in [1.29, 1.82) is 0 Å². The van der Waals surface area contributed by atoms with E-state index in [1.807, 2.05) is 43.3 Å². The summed E-state index contributed by atoms with van der Waals surface area (Å²) in [5.74, 6) is -0.880. The molecule has 3 atom stereocenters. The second-order valence-corrected chi connectivity index (χ2v) is 7.56. The topological polar surface area (TPSA) is 67.4 Å². The van der Waals surface area contributed by atoms with Gasteiger partial charge in [-0.15, -0.1) is 0 Å². The Morgan fingerprint density at radius 2 is 1.96 bits per heavy atom. The molecule has 2 aromatic rings. The molecule has 0 spiro atoms. The summed E-state index contributed by atoms with van der Waals surface area (Å²) in [4.78, 5) is 25.5. The average molecular weight is 401 g/mol. The quantitative estimate of drug-likeness (QED) is 0.758. The summed E-state index contributed by atoms with van der Waals surface area (Å²) in [6.07, 6.45) is 0.564. The van der Waals surface area contributed by atoms with Crippen LogP contribution >= 0.6 is 15.9 Å². The van der Waals surface area contributed by atoms with Crippen molar-refractivity contribution in [3.63, 3.8) is 0 Å². The summed E-state index contributed by atoms with van der Waals surface area (Å²) in [5, 5.41) is 5.72. The zero-order valence-corrected chi connectivity index (χ0v) is 15.2. The number of carbonyl (C=O) groups is 2. The third-order valence-electron chi connectivity index (χ3n) is 4.73. The second-order valence-electron chi connectivity index (χ2n) is 6.64. The van der Waals surface area contributed by atoms with Crippen molar-refractivity contribution in [1.82, 2.24) is 5.32 Å². The summed E-state index contributed by atoms with van der Waals surface area (Å²) in [6, 6.07) is 14.9. The van der Waals surface area contributed by atoms with Crippen molar-refractivity contribution in [3.8, 4) is 5.75 Å². The van der Waals surface area contributed by atoms with E-state index in [1.54, 1.807) is 12.1 Å². The number of para-hydroxylation sites is 1. The van der Waals surface area contributed by atoms with Gasteiger partial charge < -0.3 is 15.4 Å². The zero-order chi connectivity index (χ0) is 17.6. The Kier molecular flexibility index (Phi) is 3.80. The maximum Gasteiger partial charge on any atom is 0.237 e. The first kappa shape index (κ1) is 16.1. The third kappa shape index (κ3) is 2.91. The molecule has 0 radical (unpaired) electrons. The van der Waals surface area contributed by atoms with E-state index in [0.717, 1.165) is 15.8 Å². The molecule has 1 fully saturated rings. The molecule has 25 heavy (non-hydrogen) atoms. The van der Waals surface area contributed by atoms with Gasteiger partial charge in [-0.2, -0.15) is 0 Å². The summed E-state index contributed by atoms with van der Waals surface area (Å²) < 4.78 is 6.88. The van der Waals surface area contributed by atoms with Crippen molar-refractivity contribution >= 4 is 33.4 Å². The van der Waals surface area contributed by atoms with E-state index in [1.165, 1.54) is 0 Å². The van der Waals surface area contributed by atoms with Crippen LogP contribution in [0.5, 0.6) is 5.75 Å². The molecule has 128 valence electrons. The van der Waals surface area contributed by atoms with Gasteiger partial charge in [0.2, 0.25) is 11.8 Å². The van der Waals surface area contributed by atoms with Crippen LogP contribution < -0.4 is 15.4 Å².